The van der Waals surface area contributed by atoms with Crippen LogP contribution in [0.4, 0.5) is 10.5 Å². The molecule has 0 fully saturated rings. The molecule has 1 aliphatic rings. The number of carbonyl (C=O) groups is 1. The molecule has 0 aliphatic carbocycles. The summed E-state index contributed by atoms with van der Waals surface area (Å²) >= 11 is 0. The number of aromatic hydroxyl groups is 1. The molecular weight excluding hydrogens is 256 g/mol. The molecule has 1 amide bonds. The Morgan fingerprint density at radius 2 is 2.25 bits per heavy atom. The number of phenolic OH excluding ortho intramolecular Hbond substituents is 1. The maximum absolute atomic E-state index is 11.5. The fourth-order valence-electron chi connectivity index (χ4n) is 2.31. The third-order valence-electron chi connectivity index (χ3n) is 3.17. The molecule has 1 heterocycles. The van der Waals surface area contributed by atoms with Gasteiger partial charge in [0.2, 0.25) is 0 Å². The molecule has 0 aromatic heterocycles. The van der Waals surface area contributed by atoms with Crippen molar-refractivity contribution in [1.29, 1.82) is 0 Å². The van der Waals surface area contributed by atoms with E-state index in [1.165, 1.54) is 0 Å². The van der Waals surface area contributed by atoms with E-state index in [1.54, 1.807) is 12.1 Å². The van der Waals surface area contributed by atoms with E-state index >= 15 is 0 Å². The number of alkyl carbamates (subject to hydrolysis) is 1. The molecule has 1 aromatic rings. The quantitative estimate of drug-likeness (QED) is 0.744. The van der Waals surface area contributed by atoms with E-state index in [1.807, 2.05) is 26.8 Å². The number of hydrogen-bond acceptors (Lipinski definition) is 4. The molecular formula is C15H22N2O3. The minimum atomic E-state index is -0.475. The first-order valence-corrected chi connectivity index (χ1v) is 6.89. The molecule has 5 nitrogen and oxygen atoms in total. The summed E-state index contributed by atoms with van der Waals surface area (Å²) in [5, 5.41) is 15.6. The second-order valence-electron chi connectivity index (χ2n) is 6.07. The van der Waals surface area contributed by atoms with Gasteiger partial charge in [0.1, 0.15) is 11.4 Å². The summed E-state index contributed by atoms with van der Waals surface area (Å²) in [7, 11) is 0. The van der Waals surface area contributed by atoms with Gasteiger partial charge in [-0.3, -0.25) is 0 Å². The van der Waals surface area contributed by atoms with Crippen LogP contribution in [0.2, 0.25) is 0 Å². The van der Waals surface area contributed by atoms with Crippen molar-refractivity contribution in [3.63, 3.8) is 0 Å². The normalized spacial score (nSPS) is 17.2. The van der Waals surface area contributed by atoms with Gasteiger partial charge in [-0.2, -0.15) is 0 Å². The number of benzene rings is 1. The van der Waals surface area contributed by atoms with Gasteiger partial charge in [-0.05, 0) is 51.0 Å². The van der Waals surface area contributed by atoms with Crippen molar-refractivity contribution < 1.29 is 14.6 Å². The molecule has 0 bridgehead atoms. The van der Waals surface area contributed by atoms with E-state index in [9.17, 15) is 9.90 Å². The van der Waals surface area contributed by atoms with E-state index in [0.29, 0.717) is 12.5 Å². The molecule has 20 heavy (non-hydrogen) atoms. The average Bonchev–Trinajstić information content (AvgIpc) is 2.69. The van der Waals surface area contributed by atoms with Crippen molar-refractivity contribution in [3.05, 3.63) is 23.8 Å². The SMILES string of the molecule is CC(C)(C)OC(=O)NCCC1CNc2ccc(O)cc21. The number of nitrogens with one attached hydrogen (secondary N) is 2. The van der Waals surface area contributed by atoms with Crippen LogP contribution in [-0.4, -0.2) is 29.9 Å². The summed E-state index contributed by atoms with van der Waals surface area (Å²) in [6, 6.07) is 5.34. The van der Waals surface area contributed by atoms with E-state index in [0.717, 1.165) is 24.2 Å². The summed E-state index contributed by atoms with van der Waals surface area (Å²) in [4.78, 5) is 11.5. The molecule has 0 saturated heterocycles. The minimum absolute atomic E-state index is 0.276. The zero-order chi connectivity index (χ0) is 14.8. The molecule has 1 aromatic carbocycles. The Balaban J connectivity index is 1.82. The van der Waals surface area contributed by atoms with Crippen LogP contribution in [0.3, 0.4) is 0 Å². The van der Waals surface area contributed by atoms with Crippen LogP contribution >= 0.6 is 0 Å². The number of hydrogen-bond donors (Lipinski definition) is 3. The molecule has 2 rings (SSSR count). The molecule has 110 valence electrons. The molecule has 0 radical (unpaired) electrons. The average molecular weight is 278 g/mol. The summed E-state index contributed by atoms with van der Waals surface area (Å²) in [6.45, 7) is 6.90. The summed E-state index contributed by atoms with van der Waals surface area (Å²) in [6.07, 6.45) is 0.419. The molecule has 0 spiro atoms. The Morgan fingerprint density at radius 3 is 2.95 bits per heavy atom. The Kier molecular flexibility index (Phi) is 4.06. The second-order valence-corrected chi connectivity index (χ2v) is 6.07. The first-order chi connectivity index (χ1) is 9.35. The summed E-state index contributed by atoms with van der Waals surface area (Å²) in [5.41, 5.74) is 1.69. The molecule has 3 N–H and O–H groups in total. The third kappa shape index (κ3) is 3.79. The topological polar surface area (TPSA) is 70.6 Å². The summed E-state index contributed by atoms with van der Waals surface area (Å²) in [5.74, 6) is 0.574. The van der Waals surface area contributed by atoms with Gasteiger partial charge in [-0.25, -0.2) is 4.79 Å². The zero-order valence-corrected chi connectivity index (χ0v) is 12.2. The van der Waals surface area contributed by atoms with Crippen LogP contribution in [-0.2, 0) is 4.74 Å². The number of fused-ring (bicyclic) bond motifs is 1. The van der Waals surface area contributed by atoms with Crippen molar-refractivity contribution >= 4 is 11.8 Å². The first kappa shape index (κ1) is 14.5. The van der Waals surface area contributed by atoms with Crippen molar-refractivity contribution in [2.75, 3.05) is 18.4 Å². The van der Waals surface area contributed by atoms with E-state index < -0.39 is 5.60 Å². The number of rotatable bonds is 3. The van der Waals surface area contributed by atoms with Gasteiger partial charge in [-0.15, -0.1) is 0 Å². The highest BCUT2D eigenvalue weighted by molar-refractivity contribution is 5.67. The van der Waals surface area contributed by atoms with E-state index in [2.05, 4.69) is 10.6 Å². The Labute approximate surface area is 119 Å². The molecule has 5 heteroatoms. The van der Waals surface area contributed by atoms with E-state index in [-0.39, 0.29) is 11.8 Å². The number of anilines is 1. The molecule has 1 unspecified atom stereocenters. The monoisotopic (exact) mass is 278 g/mol. The lowest BCUT2D eigenvalue weighted by Crippen LogP contribution is -2.33. The lowest BCUT2D eigenvalue weighted by Gasteiger charge is -2.20. The van der Waals surface area contributed by atoms with Crippen molar-refractivity contribution in [2.24, 2.45) is 0 Å². The number of ether oxygens (including phenoxy) is 1. The largest absolute Gasteiger partial charge is 0.508 e. The van der Waals surface area contributed by atoms with Crippen LogP contribution < -0.4 is 10.6 Å². The zero-order valence-electron chi connectivity index (χ0n) is 12.2. The predicted molar refractivity (Wildman–Crippen MR) is 78.2 cm³/mol. The first-order valence-electron chi connectivity index (χ1n) is 6.89. The lowest BCUT2D eigenvalue weighted by molar-refractivity contribution is 0.0526. The lowest BCUT2D eigenvalue weighted by atomic mass is 9.98. The fraction of sp³-hybridized carbons (Fsp3) is 0.533. The highest BCUT2D eigenvalue weighted by Gasteiger charge is 2.23. The second kappa shape index (κ2) is 5.61. The summed E-state index contributed by atoms with van der Waals surface area (Å²) < 4.78 is 5.19. The molecule has 1 atom stereocenters. The van der Waals surface area contributed by atoms with Crippen LogP contribution in [0, 0.1) is 0 Å². The highest BCUT2D eigenvalue weighted by atomic mass is 16.6. The molecule has 1 aliphatic heterocycles. The predicted octanol–water partition coefficient (Wildman–Crippen LogP) is 2.82. The van der Waals surface area contributed by atoms with Crippen molar-refractivity contribution in [1.82, 2.24) is 5.32 Å². The van der Waals surface area contributed by atoms with Gasteiger partial charge in [0, 0.05) is 24.7 Å². The number of amides is 1. The van der Waals surface area contributed by atoms with E-state index in [4.69, 9.17) is 4.74 Å². The number of carbonyl (C=O) groups excluding carboxylic acids is 1. The highest BCUT2D eigenvalue weighted by Crippen LogP contribution is 2.35. The van der Waals surface area contributed by atoms with Gasteiger partial charge in [0.25, 0.3) is 0 Å². The van der Waals surface area contributed by atoms with Crippen molar-refractivity contribution in [2.45, 2.75) is 38.7 Å². The van der Waals surface area contributed by atoms with Gasteiger partial charge in [0.15, 0.2) is 0 Å². The van der Waals surface area contributed by atoms with Gasteiger partial charge in [0.05, 0.1) is 0 Å². The third-order valence-corrected chi connectivity index (χ3v) is 3.17. The smallest absolute Gasteiger partial charge is 0.407 e. The van der Waals surface area contributed by atoms with Crippen molar-refractivity contribution in [3.8, 4) is 5.75 Å². The van der Waals surface area contributed by atoms with Crippen LogP contribution in [0.15, 0.2) is 18.2 Å². The van der Waals surface area contributed by atoms with Gasteiger partial charge >= 0.3 is 6.09 Å². The Hall–Kier alpha value is -1.91. The van der Waals surface area contributed by atoms with Crippen LogP contribution in [0.25, 0.3) is 0 Å². The molecule has 0 saturated carbocycles. The Morgan fingerprint density at radius 1 is 1.50 bits per heavy atom. The van der Waals surface area contributed by atoms with Gasteiger partial charge < -0.3 is 20.5 Å². The number of phenols is 1. The Bertz CT molecular complexity index is 494. The van der Waals surface area contributed by atoms with Crippen LogP contribution in [0.1, 0.15) is 38.7 Å². The standard InChI is InChI=1S/C15H22N2O3/c1-15(2,3)20-14(19)16-7-6-10-9-17-13-5-4-11(18)8-12(10)13/h4-5,8,10,17-18H,6-7,9H2,1-3H3,(H,16,19). The maximum atomic E-state index is 11.5. The van der Waals surface area contributed by atoms with Crippen LogP contribution in [0.5, 0.6) is 5.75 Å². The minimum Gasteiger partial charge on any atom is -0.508 e. The van der Waals surface area contributed by atoms with Gasteiger partial charge in [-0.1, -0.05) is 0 Å². The maximum Gasteiger partial charge on any atom is 0.407 e. The fourth-order valence-corrected chi connectivity index (χ4v) is 2.31.